The fraction of sp³-hybridized carbons (Fsp3) is 0.538. The van der Waals surface area contributed by atoms with Gasteiger partial charge in [0.15, 0.2) is 0 Å². The summed E-state index contributed by atoms with van der Waals surface area (Å²) < 4.78 is 0. The SMILES string of the molecule is CN(Cc1ccc(Cl)c(Cl)c1)CC1CC(Cl)C1. The number of hydrogen-bond acceptors (Lipinski definition) is 1. The maximum atomic E-state index is 5.99. The van der Waals surface area contributed by atoms with Crippen molar-refractivity contribution in [3.63, 3.8) is 0 Å². The highest BCUT2D eigenvalue weighted by Gasteiger charge is 2.27. The molecule has 1 aliphatic carbocycles. The summed E-state index contributed by atoms with van der Waals surface area (Å²) in [5.41, 5.74) is 1.20. The van der Waals surface area contributed by atoms with E-state index in [9.17, 15) is 0 Å². The Morgan fingerprint density at radius 1 is 1.24 bits per heavy atom. The molecule has 1 aliphatic rings. The van der Waals surface area contributed by atoms with Crippen molar-refractivity contribution in [2.24, 2.45) is 5.92 Å². The minimum absolute atomic E-state index is 0.401. The molecule has 1 aromatic carbocycles. The van der Waals surface area contributed by atoms with Crippen LogP contribution in [0.5, 0.6) is 0 Å². The van der Waals surface area contributed by atoms with Gasteiger partial charge in [0.05, 0.1) is 10.0 Å². The molecule has 0 heterocycles. The summed E-state index contributed by atoms with van der Waals surface area (Å²) in [6.45, 7) is 2.00. The average molecular weight is 293 g/mol. The van der Waals surface area contributed by atoms with Gasteiger partial charge in [-0.05, 0) is 43.5 Å². The smallest absolute Gasteiger partial charge is 0.0595 e. The fourth-order valence-corrected chi connectivity index (χ4v) is 3.08. The number of rotatable bonds is 4. The third-order valence-corrected chi connectivity index (χ3v) is 4.28. The normalized spacial score (nSPS) is 23.8. The molecule has 1 aromatic rings. The fourth-order valence-electron chi connectivity index (χ4n) is 2.26. The van der Waals surface area contributed by atoms with Gasteiger partial charge < -0.3 is 4.90 Å². The lowest BCUT2D eigenvalue weighted by Crippen LogP contribution is -2.34. The summed E-state index contributed by atoms with van der Waals surface area (Å²) in [5.74, 6) is 0.755. The van der Waals surface area contributed by atoms with Gasteiger partial charge in [-0.15, -0.1) is 11.6 Å². The van der Waals surface area contributed by atoms with Gasteiger partial charge in [0.2, 0.25) is 0 Å². The molecule has 1 nitrogen and oxygen atoms in total. The molecule has 0 aliphatic heterocycles. The summed E-state index contributed by atoms with van der Waals surface area (Å²) in [6.07, 6.45) is 2.29. The van der Waals surface area contributed by atoms with Gasteiger partial charge in [-0.1, -0.05) is 29.3 Å². The molecule has 17 heavy (non-hydrogen) atoms. The second-order valence-electron chi connectivity index (χ2n) is 4.88. The number of alkyl halides is 1. The van der Waals surface area contributed by atoms with Crippen molar-refractivity contribution in [1.82, 2.24) is 4.90 Å². The second-order valence-corrected chi connectivity index (χ2v) is 6.31. The molecule has 0 unspecified atom stereocenters. The van der Waals surface area contributed by atoms with E-state index in [0.717, 1.165) is 31.8 Å². The molecule has 4 heteroatoms. The third-order valence-electron chi connectivity index (χ3n) is 3.18. The average Bonchev–Trinajstić information content (AvgIpc) is 2.21. The van der Waals surface area contributed by atoms with Crippen LogP contribution in [0, 0.1) is 5.92 Å². The van der Waals surface area contributed by atoms with E-state index >= 15 is 0 Å². The van der Waals surface area contributed by atoms with E-state index in [1.807, 2.05) is 18.2 Å². The van der Waals surface area contributed by atoms with E-state index in [2.05, 4.69) is 11.9 Å². The molecule has 0 spiro atoms. The zero-order chi connectivity index (χ0) is 12.4. The molecule has 0 radical (unpaired) electrons. The van der Waals surface area contributed by atoms with Crippen molar-refractivity contribution in [3.8, 4) is 0 Å². The summed E-state index contributed by atoms with van der Waals surface area (Å²) >= 11 is 17.9. The molecule has 0 aromatic heterocycles. The first kappa shape index (κ1) is 13.5. The van der Waals surface area contributed by atoms with E-state index < -0.39 is 0 Å². The van der Waals surface area contributed by atoms with Gasteiger partial charge in [0.25, 0.3) is 0 Å². The molecule has 0 atom stereocenters. The lowest BCUT2D eigenvalue weighted by molar-refractivity contribution is 0.204. The summed E-state index contributed by atoms with van der Waals surface area (Å²) in [5, 5.41) is 1.64. The Morgan fingerprint density at radius 2 is 1.94 bits per heavy atom. The van der Waals surface area contributed by atoms with E-state index in [-0.39, 0.29) is 0 Å². The summed E-state index contributed by atoms with van der Waals surface area (Å²) in [6, 6.07) is 5.81. The van der Waals surface area contributed by atoms with Gasteiger partial charge in [-0.25, -0.2) is 0 Å². The monoisotopic (exact) mass is 291 g/mol. The molecule has 2 rings (SSSR count). The van der Waals surface area contributed by atoms with Gasteiger partial charge in [0.1, 0.15) is 0 Å². The molecule has 0 saturated heterocycles. The van der Waals surface area contributed by atoms with Gasteiger partial charge in [-0.3, -0.25) is 0 Å². The largest absolute Gasteiger partial charge is 0.302 e. The highest BCUT2D eigenvalue weighted by atomic mass is 35.5. The van der Waals surface area contributed by atoms with Crippen molar-refractivity contribution >= 4 is 34.8 Å². The first-order valence-corrected chi connectivity index (χ1v) is 7.00. The summed E-state index contributed by atoms with van der Waals surface area (Å²) in [7, 11) is 2.13. The Hall–Kier alpha value is 0.0500. The Bertz CT molecular complexity index is 388. The van der Waals surface area contributed by atoms with Crippen LogP contribution in [0.3, 0.4) is 0 Å². The van der Waals surface area contributed by atoms with Crippen LogP contribution >= 0.6 is 34.8 Å². The number of nitrogens with zero attached hydrogens (tertiary/aromatic N) is 1. The quantitative estimate of drug-likeness (QED) is 0.742. The zero-order valence-corrected chi connectivity index (χ0v) is 12.1. The predicted octanol–water partition coefficient (Wildman–Crippen LogP) is 4.44. The molecular weight excluding hydrogens is 277 g/mol. The van der Waals surface area contributed by atoms with E-state index in [0.29, 0.717) is 15.4 Å². The van der Waals surface area contributed by atoms with Crippen LogP contribution in [0.25, 0.3) is 0 Å². The lowest BCUT2D eigenvalue weighted by Gasteiger charge is -2.34. The van der Waals surface area contributed by atoms with Crippen molar-refractivity contribution in [1.29, 1.82) is 0 Å². The molecule has 0 amide bonds. The van der Waals surface area contributed by atoms with Crippen LogP contribution in [-0.2, 0) is 6.54 Å². The minimum atomic E-state index is 0.401. The highest BCUT2D eigenvalue weighted by molar-refractivity contribution is 6.42. The van der Waals surface area contributed by atoms with Gasteiger partial charge in [-0.2, -0.15) is 0 Å². The Kier molecular flexibility index (Phi) is 4.59. The molecule has 1 fully saturated rings. The Morgan fingerprint density at radius 3 is 2.53 bits per heavy atom. The maximum absolute atomic E-state index is 5.99. The lowest BCUT2D eigenvalue weighted by atomic mass is 9.84. The number of halogens is 3. The van der Waals surface area contributed by atoms with E-state index in [4.69, 9.17) is 34.8 Å². The molecular formula is C13H16Cl3N. The summed E-state index contributed by atoms with van der Waals surface area (Å²) in [4.78, 5) is 2.31. The molecule has 0 N–H and O–H groups in total. The standard InChI is InChI=1S/C13H16Cl3N/c1-17(8-10-4-11(14)5-10)7-9-2-3-12(15)13(16)6-9/h2-3,6,10-11H,4-5,7-8H2,1H3. The number of benzene rings is 1. The first-order valence-electron chi connectivity index (χ1n) is 5.81. The molecule has 94 valence electrons. The second kappa shape index (κ2) is 5.79. The Balaban J connectivity index is 1.85. The van der Waals surface area contributed by atoms with Gasteiger partial charge in [0, 0.05) is 18.5 Å². The van der Waals surface area contributed by atoms with Crippen LogP contribution < -0.4 is 0 Å². The van der Waals surface area contributed by atoms with Crippen molar-refractivity contribution in [3.05, 3.63) is 33.8 Å². The topological polar surface area (TPSA) is 3.24 Å². The van der Waals surface area contributed by atoms with E-state index in [1.165, 1.54) is 5.56 Å². The van der Waals surface area contributed by atoms with Crippen LogP contribution in [0.1, 0.15) is 18.4 Å². The number of hydrogen-bond donors (Lipinski definition) is 0. The maximum Gasteiger partial charge on any atom is 0.0595 e. The van der Waals surface area contributed by atoms with Crippen molar-refractivity contribution < 1.29 is 0 Å². The van der Waals surface area contributed by atoms with Crippen LogP contribution in [0.2, 0.25) is 10.0 Å². The highest BCUT2D eigenvalue weighted by Crippen LogP contribution is 2.32. The zero-order valence-electron chi connectivity index (χ0n) is 9.80. The van der Waals surface area contributed by atoms with Crippen molar-refractivity contribution in [2.75, 3.05) is 13.6 Å². The Labute approximate surface area is 118 Å². The van der Waals surface area contributed by atoms with E-state index in [1.54, 1.807) is 0 Å². The van der Waals surface area contributed by atoms with Gasteiger partial charge >= 0.3 is 0 Å². The third kappa shape index (κ3) is 3.75. The molecule has 0 bridgehead atoms. The predicted molar refractivity (Wildman–Crippen MR) is 75.2 cm³/mol. The molecule has 1 saturated carbocycles. The van der Waals surface area contributed by atoms with Crippen LogP contribution in [0.4, 0.5) is 0 Å². The van der Waals surface area contributed by atoms with Crippen LogP contribution in [-0.4, -0.2) is 23.9 Å². The first-order chi connectivity index (χ1) is 8.04. The minimum Gasteiger partial charge on any atom is -0.302 e. The van der Waals surface area contributed by atoms with Crippen LogP contribution in [0.15, 0.2) is 18.2 Å². The van der Waals surface area contributed by atoms with Crippen molar-refractivity contribution in [2.45, 2.75) is 24.8 Å².